The maximum absolute atomic E-state index is 15.5. The number of benzene rings is 2. The molecule has 9 rings (SSSR count). The Balaban J connectivity index is 1.31. The molecule has 6 aliphatic rings. The summed E-state index contributed by atoms with van der Waals surface area (Å²) in [5, 5.41) is 23.9. The molecule has 1 spiro atoms. The number of aromatic nitrogens is 1. The third-order valence-electron chi connectivity index (χ3n) is 16.7. The second-order valence-corrected chi connectivity index (χ2v) is 19.7. The number of hydrogen-bond acceptors (Lipinski definition) is 12. The minimum atomic E-state index is -2.35. The summed E-state index contributed by atoms with van der Waals surface area (Å²) in [6.45, 7) is 9.93. The highest BCUT2D eigenvalue weighted by molar-refractivity contribution is 5.95. The number of nitrogens with zero attached hydrogens (tertiary/aromatic N) is 2. The number of rotatable bonds is 9. The molecule has 1 aromatic heterocycles. The topological polar surface area (TPSA) is 184 Å². The van der Waals surface area contributed by atoms with Crippen LogP contribution in [0.15, 0.2) is 42.5 Å². The molecule has 1 saturated heterocycles. The molecule has 3 unspecified atom stereocenters. The van der Waals surface area contributed by atoms with E-state index in [-0.39, 0.29) is 23.9 Å². The highest BCUT2D eigenvalue weighted by atomic mass is 19.1. The maximum atomic E-state index is 15.5. The molecular weight excluding hydrogens is 848 g/mol. The highest BCUT2D eigenvalue weighted by Gasteiger charge is 2.80. The lowest BCUT2D eigenvalue weighted by atomic mass is 9.47. The molecule has 4 aliphatic heterocycles. The van der Waals surface area contributed by atoms with Gasteiger partial charge in [-0.1, -0.05) is 26.0 Å². The Morgan fingerprint density at radius 3 is 2.41 bits per heavy atom. The average molecular weight is 913 g/mol. The molecule has 3 aromatic rings. The zero-order chi connectivity index (χ0) is 47.1. The Hall–Kier alpha value is -5.19. The van der Waals surface area contributed by atoms with E-state index in [1.165, 1.54) is 33.3 Å². The van der Waals surface area contributed by atoms with E-state index in [1.54, 1.807) is 13.2 Å². The van der Waals surface area contributed by atoms with E-state index in [1.807, 2.05) is 44.0 Å². The third-order valence-corrected chi connectivity index (χ3v) is 16.7. The zero-order valence-electron chi connectivity index (χ0n) is 39.4. The lowest BCUT2D eigenvalue weighted by molar-refractivity contribution is -0.228. The van der Waals surface area contributed by atoms with Crippen LogP contribution in [0.1, 0.15) is 88.6 Å². The lowest BCUT2D eigenvalue weighted by Gasteiger charge is -2.63. The molecule has 16 heteroatoms. The fourth-order valence-electron chi connectivity index (χ4n) is 14.0. The van der Waals surface area contributed by atoms with Crippen LogP contribution in [0.4, 0.5) is 14.9 Å². The molecule has 15 nitrogen and oxygen atoms in total. The van der Waals surface area contributed by atoms with Gasteiger partial charge in [0.25, 0.3) is 0 Å². The minimum Gasteiger partial charge on any atom is -0.496 e. The van der Waals surface area contributed by atoms with Gasteiger partial charge in [-0.3, -0.25) is 14.5 Å². The van der Waals surface area contributed by atoms with Crippen molar-refractivity contribution >= 4 is 40.5 Å². The molecule has 2 saturated carbocycles. The number of carbonyl (C=O) groups is 4. The largest absolute Gasteiger partial charge is 0.496 e. The number of halogens is 1. The number of anilines is 1. The quantitative estimate of drug-likeness (QED) is 0.113. The standard InChI is InChI=1S/C50H65FN6O9/c1-9-46(55-45(61)53-11-3)25-29-21-30(29)26-49(43(59)64-7,39-32(15-18-52-27-46)33-22-31(51)13-14-36(33)54-39)35-23-34-37(24-38(35)63-6)56(5)41-48(34)17-20-57-19-12-16-47(10-2,40(48)57)42(66-28(4)58)50(41,62)44(60)65-8/h12-14,16,22-24,29-30,40-42,52,54,62H,9-11,15,17-21,25-27H2,1-8H3,(H2,53,55,61)/t29-,30+,40+,41?,42-,46?,47-,48-,49+,50?/m1/s1. The number of H-pyrrole nitrogens is 1. The van der Waals surface area contributed by atoms with E-state index < -0.39 is 63.3 Å². The summed E-state index contributed by atoms with van der Waals surface area (Å²) in [4.78, 5) is 64.2. The Bertz CT molecular complexity index is 2500. The highest BCUT2D eigenvalue weighted by Crippen LogP contribution is 2.68. The Morgan fingerprint density at radius 1 is 0.970 bits per heavy atom. The van der Waals surface area contributed by atoms with Gasteiger partial charge in [0, 0.05) is 84.4 Å². The summed E-state index contributed by atoms with van der Waals surface area (Å²) in [6, 6.07) is 6.99. The van der Waals surface area contributed by atoms with Crippen molar-refractivity contribution in [1.29, 1.82) is 0 Å². The van der Waals surface area contributed by atoms with Crippen molar-refractivity contribution in [3.8, 4) is 5.75 Å². The summed E-state index contributed by atoms with van der Waals surface area (Å²) in [7, 11) is 6.02. The number of fused-ring (bicyclic) bond motifs is 5. The third kappa shape index (κ3) is 6.43. The van der Waals surface area contributed by atoms with Crippen LogP contribution in [0.5, 0.6) is 5.75 Å². The summed E-state index contributed by atoms with van der Waals surface area (Å²) < 4.78 is 39.4. The first-order valence-electron chi connectivity index (χ1n) is 23.6. The molecule has 66 heavy (non-hydrogen) atoms. The molecule has 5 N–H and O–H groups in total. The molecular formula is C50H65FN6O9. The number of likely N-dealkylation sites (N-methyl/N-ethyl adjacent to an activating group) is 1. The molecule has 5 heterocycles. The van der Waals surface area contributed by atoms with Gasteiger partial charge in [-0.2, -0.15) is 0 Å². The summed E-state index contributed by atoms with van der Waals surface area (Å²) >= 11 is 0. The molecule has 356 valence electrons. The number of ether oxygens (including phenoxy) is 4. The fraction of sp³-hybridized carbons (Fsp3) is 0.600. The molecule has 2 aromatic carbocycles. The SMILES string of the molecule is CCNC(=O)NC1(CC)CNCCc2c([nH]c3ccc(F)cc23)[C@@](C(=O)OC)(c2cc3c(cc2OC)N(C)C2C(O)(C(=O)OC)[C@H](OC(C)=O)[C@]4(CC)C=CCN5CC[C@]32[C@@H]54)C[C@@H]2C[C@@H]2C1. The number of methoxy groups -OCH3 is 3. The number of esters is 3. The molecule has 3 fully saturated rings. The van der Waals surface area contributed by atoms with E-state index in [4.69, 9.17) is 18.9 Å². The van der Waals surface area contributed by atoms with Gasteiger partial charge >= 0.3 is 23.9 Å². The minimum absolute atomic E-state index is 0.00480. The van der Waals surface area contributed by atoms with Crippen LogP contribution < -0.4 is 25.6 Å². The second kappa shape index (κ2) is 16.5. The van der Waals surface area contributed by atoms with Gasteiger partial charge in [0.05, 0.1) is 32.9 Å². The molecule has 10 atom stereocenters. The van der Waals surface area contributed by atoms with Gasteiger partial charge in [-0.25, -0.2) is 14.0 Å². The molecule has 2 aliphatic carbocycles. The first kappa shape index (κ1) is 45.9. The van der Waals surface area contributed by atoms with Gasteiger partial charge in [0.2, 0.25) is 5.60 Å². The summed E-state index contributed by atoms with van der Waals surface area (Å²) in [5.41, 5.74) is -2.43. The first-order valence-corrected chi connectivity index (χ1v) is 23.6. The van der Waals surface area contributed by atoms with Crippen molar-refractivity contribution in [2.24, 2.45) is 17.3 Å². The van der Waals surface area contributed by atoms with Crippen LogP contribution in [0, 0.1) is 23.1 Å². The monoisotopic (exact) mass is 912 g/mol. The van der Waals surface area contributed by atoms with Crippen LogP contribution in [0.2, 0.25) is 0 Å². The molecule has 2 amide bonds. The van der Waals surface area contributed by atoms with Crippen LogP contribution in [-0.2, 0) is 45.8 Å². The Kier molecular flexibility index (Phi) is 11.5. The van der Waals surface area contributed by atoms with Crippen molar-refractivity contribution in [1.82, 2.24) is 25.8 Å². The van der Waals surface area contributed by atoms with E-state index in [0.29, 0.717) is 105 Å². The number of urea groups is 1. The van der Waals surface area contributed by atoms with Gasteiger partial charge in [0.1, 0.15) is 17.0 Å². The maximum Gasteiger partial charge on any atom is 0.344 e. The lowest BCUT2D eigenvalue weighted by Crippen LogP contribution is -2.81. The first-order chi connectivity index (χ1) is 31.6. The summed E-state index contributed by atoms with van der Waals surface area (Å²) in [5.74, 6) is -1.96. The van der Waals surface area contributed by atoms with Crippen molar-refractivity contribution in [2.75, 3.05) is 66.0 Å². The average Bonchev–Trinajstić information content (AvgIpc) is 3.60. The number of nitrogens with one attached hydrogen (secondary N) is 4. The van der Waals surface area contributed by atoms with Crippen molar-refractivity contribution in [3.05, 3.63) is 70.7 Å². The van der Waals surface area contributed by atoms with Crippen LogP contribution in [-0.4, -0.2) is 129 Å². The van der Waals surface area contributed by atoms with E-state index in [9.17, 15) is 19.5 Å². The van der Waals surface area contributed by atoms with Crippen LogP contribution >= 0.6 is 0 Å². The van der Waals surface area contributed by atoms with Crippen LogP contribution in [0.3, 0.4) is 0 Å². The van der Waals surface area contributed by atoms with Crippen LogP contribution in [0.25, 0.3) is 10.9 Å². The van der Waals surface area contributed by atoms with Gasteiger partial charge in [0.15, 0.2) is 6.10 Å². The zero-order valence-corrected chi connectivity index (χ0v) is 39.4. The second-order valence-electron chi connectivity index (χ2n) is 19.7. The number of aliphatic hydroxyl groups is 1. The Labute approximate surface area is 385 Å². The fourth-order valence-corrected chi connectivity index (χ4v) is 14.0. The predicted molar refractivity (Wildman–Crippen MR) is 245 cm³/mol. The number of amides is 2. The molecule has 0 radical (unpaired) electrons. The van der Waals surface area contributed by atoms with Crippen molar-refractivity contribution < 1.29 is 47.6 Å². The number of carbonyl (C=O) groups excluding carboxylic acids is 4. The van der Waals surface area contributed by atoms with E-state index in [2.05, 4.69) is 38.8 Å². The van der Waals surface area contributed by atoms with Crippen molar-refractivity contribution in [2.45, 2.75) is 113 Å². The smallest absolute Gasteiger partial charge is 0.344 e. The number of aromatic amines is 1. The number of hydrogen-bond donors (Lipinski definition) is 5. The van der Waals surface area contributed by atoms with E-state index in [0.717, 1.165) is 17.5 Å². The normalized spacial score (nSPS) is 34.3. The summed E-state index contributed by atoms with van der Waals surface area (Å²) in [6.07, 6.45) is 6.54. The Morgan fingerprint density at radius 2 is 1.73 bits per heavy atom. The van der Waals surface area contributed by atoms with E-state index >= 15 is 9.18 Å². The van der Waals surface area contributed by atoms with Crippen molar-refractivity contribution in [3.63, 3.8) is 0 Å². The molecule has 0 bridgehead atoms. The van der Waals surface area contributed by atoms with Gasteiger partial charge in [-0.05, 0) is 112 Å². The predicted octanol–water partition coefficient (Wildman–Crippen LogP) is 4.75. The van der Waals surface area contributed by atoms with Gasteiger partial charge < -0.3 is 49.9 Å². The van der Waals surface area contributed by atoms with Gasteiger partial charge in [-0.15, -0.1) is 0 Å².